The van der Waals surface area contributed by atoms with E-state index < -0.39 is 0 Å². The quantitative estimate of drug-likeness (QED) is 0.824. The fraction of sp³-hybridized carbons (Fsp3) is 0.692. The van der Waals surface area contributed by atoms with E-state index >= 15 is 0 Å². The minimum absolute atomic E-state index is 0.0294. The molecule has 1 saturated heterocycles. The highest BCUT2D eigenvalue weighted by molar-refractivity contribution is 7.11. The molecule has 106 valence electrons. The molecule has 6 heteroatoms. The lowest BCUT2D eigenvalue weighted by Gasteiger charge is -2.22. The Labute approximate surface area is 117 Å². The topological polar surface area (TPSA) is 63.2 Å². The minimum atomic E-state index is 0.0294. The molecular weight excluding hydrogens is 262 g/mol. The van der Waals surface area contributed by atoms with Crippen LogP contribution in [0.4, 0.5) is 0 Å². The molecule has 0 bridgehead atoms. The zero-order valence-electron chi connectivity index (χ0n) is 11.3. The van der Waals surface area contributed by atoms with Crippen molar-refractivity contribution in [3.05, 3.63) is 16.1 Å². The van der Waals surface area contributed by atoms with Crippen molar-refractivity contribution >= 4 is 17.2 Å². The average Bonchev–Trinajstić information content (AvgIpc) is 2.83. The molecule has 0 atom stereocenters. The van der Waals surface area contributed by atoms with Crippen LogP contribution >= 0.6 is 11.3 Å². The Morgan fingerprint density at radius 3 is 3.05 bits per heavy atom. The molecule has 1 aliphatic heterocycles. The largest absolute Gasteiger partial charge is 0.378 e. The summed E-state index contributed by atoms with van der Waals surface area (Å²) >= 11 is 1.61. The first-order chi connectivity index (χ1) is 9.24. The number of nitrogens with zero attached hydrogens (tertiary/aromatic N) is 1. The van der Waals surface area contributed by atoms with Crippen LogP contribution in [0.2, 0.25) is 0 Å². The Morgan fingerprint density at radius 2 is 2.37 bits per heavy atom. The van der Waals surface area contributed by atoms with Gasteiger partial charge < -0.3 is 15.4 Å². The normalized spacial score (nSPS) is 16.5. The van der Waals surface area contributed by atoms with Crippen LogP contribution in [0.25, 0.3) is 0 Å². The van der Waals surface area contributed by atoms with E-state index in [0.29, 0.717) is 25.7 Å². The Morgan fingerprint density at radius 1 is 1.58 bits per heavy atom. The number of aryl methyl sites for hydroxylation is 1. The number of carbonyl (C=O) groups excluding carboxylic acids is 1. The van der Waals surface area contributed by atoms with Crippen LogP contribution in [-0.4, -0.2) is 36.7 Å². The lowest BCUT2D eigenvalue weighted by molar-refractivity contribution is -0.122. The molecule has 1 aliphatic rings. The molecule has 1 aromatic heterocycles. The number of carbonyl (C=O) groups is 1. The zero-order chi connectivity index (χ0) is 13.5. The Balaban J connectivity index is 1.56. The van der Waals surface area contributed by atoms with Gasteiger partial charge in [0.05, 0.1) is 19.3 Å². The summed E-state index contributed by atoms with van der Waals surface area (Å²) in [6.07, 6.45) is 4.65. The van der Waals surface area contributed by atoms with E-state index in [2.05, 4.69) is 15.6 Å². The third kappa shape index (κ3) is 5.26. The van der Waals surface area contributed by atoms with E-state index in [4.69, 9.17) is 4.74 Å². The van der Waals surface area contributed by atoms with E-state index in [9.17, 15) is 4.79 Å². The second-order valence-corrected chi connectivity index (χ2v) is 6.03. The van der Waals surface area contributed by atoms with Gasteiger partial charge in [-0.25, -0.2) is 4.98 Å². The summed E-state index contributed by atoms with van der Waals surface area (Å²) in [6.45, 7) is 5.06. The molecule has 1 aromatic rings. The van der Waals surface area contributed by atoms with Gasteiger partial charge in [-0.3, -0.25) is 4.79 Å². The lowest BCUT2D eigenvalue weighted by atomic mass is 10.1. The molecular formula is C13H21N3O2S. The molecule has 1 fully saturated rings. The third-order valence-corrected chi connectivity index (χ3v) is 3.99. The average molecular weight is 283 g/mol. The van der Waals surface area contributed by atoms with Crippen molar-refractivity contribution in [3.8, 4) is 0 Å². The number of rotatable bonds is 6. The van der Waals surface area contributed by atoms with Gasteiger partial charge in [-0.05, 0) is 32.9 Å². The number of aromatic nitrogens is 1. The van der Waals surface area contributed by atoms with Gasteiger partial charge >= 0.3 is 0 Å². The summed E-state index contributed by atoms with van der Waals surface area (Å²) in [5.41, 5.74) is 0. The molecule has 0 radical (unpaired) electrons. The monoisotopic (exact) mass is 283 g/mol. The maximum atomic E-state index is 11.6. The van der Waals surface area contributed by atoms with Gasteiger partial charge in [0, 0.05) is 17.5 Å². The second kappa shape index (κ2) is 7.57. The first-order valence-electron chi connectivity index (χ1n) is 6.74. The summed E-state index contributed by atoms with van der Waals surface area (Å²) in [4.78, 5) is 17.0. The number of piperidine rings is 1. The summed E-state index contributed by atoms with van der Waals surface area (Å²) in [6, 6.07) is 0. The van der Waals surface area contributed by atoms with E-state index in [1.54, 1.807) is 11.3 Å². The number of thiazole rings is 1. The van der Waals surface area contributed by atoms with E-state index in [-0.39, 0.29) is 5.91 Å². The predicted octanol–water partition coefficient (Wildman–Crippen LogP) is 1.23. The van der Waals surface area contributed by atoms with Gasteiger partial charge in [0.25, 0.3) is 0 Å². The number of ether oxygens (including phenoxy) is 1. The molecule has 19 heavy (non-hydrogen) atoms. The van der Waals surface area contributed by atoms with Crippen molar-refractivity contribution in [3.63, 3.8) is 0 Å². The van der Waals surface area contributed by atoms with E-state index in [1.807, 2.05) is 13.1 Å². The van der Waals surface area contributed by atoms with Crippen molar-refractivity contribution in [2.24, 2.45) is 0 Å². The molecule has 2 rings (SSSR count). The molecule has 5 nitrogen and oxygen atoms in total. The molecule has 1 amide bonds. The number of hydrogen-bond donors (Lipinski definition) is 2. The number of nitrogens with one attached hydrogen (secondary N) is 2. The van der Waals surface area contributed by atoms with Crippen molar-refractivity contribution in [1.82, 2.24) is 15.6 Å². The first-order valence-corrected chi connectivity index (χ1v) is 7.56. The molecule has 0 unspecified atom stereocenters. The van der Waals surface area contributed by atoms with Crippen LogP contribution < -0.4 is 10.6 Å². The van der Waals surface area contributed by atoms with Crippen LogP contribution in [0.5, 0.6) is 0 Å². The van der Waals surface area contributed by atoms with Crippen LogP contribution in [0.3, 0.4) is 0 Å². The van der Waals surface area contributed by atoms with Crippen molar-refractivity contribution in [2.45, 2.75) is 38.8 Å². The van der Waals surface area contributed by atoms with Gasteiger partial charge in [0.2, 0.25) is 5.91 Å². The summed E-state index contributed by atoms with van der Waals surface area (Å²) in [5.74, 6) is 0.0294. The zero-order valence-corrected chi connectivity index (χ0v) is 12.1. The van der Waals surface area contributed by atoms with Crippen LogP contribution in [0.15, 0.2) is 6.20 Å². The highest BCUT2D eigenvalue weighted by Gasteiger charge is 2.13. The Hall–Kier alpha value is -0.980. The highest BCUT2D eigenvalue weighted by Crippen LogP contribution is 2.10. The van der Waals surface area contributed by atoms with Crippen LogP contribution in [0, 0.1) is 6.92 Å². The molecule has 0 aromatic carbocycles. The smallest absolute Gasteiger partial charge is 0.222 e. The summed E-state index contributed by atoms with van der Waals surface area (Å²) in [7, 11) is 0. The minimum Gasteiger partial charge on any atom is -0.378 e. The van der Waals surface area contributed by atoms with E-state index in [0.717, 1.165) is 30.9 Å². The Bertz CT molecular complexity index is 402. The lowest BCUT2D eigenvalue weighted by Crippen LogP contribution is -2.33. The van der Waals surface area contributed by atoms with Gasteiger partial charge in [0.15, 0.2) is 0 Å². The van der Waals surface area contributed by atoms with Crippen molar-refractivity contribution in [2.75, 3.05) is 19.7 Å². The van der Waals surface area contributed by atoms with Gasteiger partial charge in [-0.15, -0.1) is 11.3 Å². The molecule has 0 aliphatic carbocycles. The van der Waals surface area contributed by atoms with Gasteiger partial charge in [0.1, 0.15) is 5.01 Å². The third-order valence-electron chi connectivity index (χ3n) is 3.07. The summed E-state index contributed by atoms with van der Waals surface area (Å²) < 4.78 is 5.70. The van der Waals surface area contributed by atoms with Crippen LogP contribution in [-0.2, 0) is 16.1 Å². The van der Waals surface area contributed by atoms with Gasteiger partial charge in [-0.2, -0.15) is 0 Å². The van der Waals surface area contributed by atoms with Gasteiger partial charge in [-0.1, -0.05) is 0 Å². The summed E-state index contributed by atoms with van der Waals surface area (Å²) in [5, 5.41) is 7.11. The SMILES string of the molecule is Cc1cnc(CNC(=O)CCOC2CCNCC2)s1. The molecule has 0 spiro atoms. The number of hydrogen-bond acceptors (Lipinski definition) is 5. The fourth-order valence-electron chi connectivity index (χ4n) is 2.03. The maximum absolute atomic E-state index is 11.6. The van der Waals surface area contributed by atoms with Crippen molar-refractivity contribution in [1.29, 1.82) is 0 Å². The molecule has 2 heterocycles. The number of amides is 1. The highest BCUT2D eigenvalue weighted by atomic mass is 32.1. The van der Waals surface area contributed by atoms with E-state index in [1.165, 1.54) is 4.88 Å². The standard InChI is InChI=1S/C13H21N3O2S/c1-10-8-16-13(19-10)9-15-12(17)4-7-18-11-2-5-14-6-3-11/h8,11,14H,2-7,9H2,1H3,(H,15,17). The fourth-order valence-corrected chi connectivity index (χ4v) is 2.75. The maximum Gasteiger partial charge on any atom is 0.222 e. The first kappa shape index (κ1) is 14.4. The predicted molar refractivity (Wildman–Crippen MR) is 75.2 cm³/mol. The molecule has 0 saturated carbocycles. The van der Waals surface area contributed by atoms with Crippen molar-refractivity contribution < 1.29 is 9.53 Å². The second-order valence-electron chi connectivity index (χ2n) is 4.71. The van der Waals surface area contributed by atoms with Crippen LogP contribution in [0.1, 0.15) is 29.1 Å². The molecule has 2 N–H and O–H groups in total. The Kier molecular flexibility index (Phi) is 5.75.